The first-order chi connectivity index (χ1) is 13.9. The van der Waals surface area contributed by atoms with Crippen LogP contribution in [0.3, 0.4) is 0 Å². The molecule has 8 heteroatoms. The fraction of sp³-hybridized carbons (Fsp3) is 0.286. The number of benzene rings is 2. The second-order valence-electron chi connectivity index (χ2n) is 6.66. The Labute approximate surface area is 177 Å². The van der Waals surface area contributed by atoms with E-state index in [4.69, 9.17) is 9.72 Å². The molecule has 0 saturated heterocycles. The molecule has 1 heterocycles. The molecule has 1 N–H and O–H groups in total. The van der Waals surface area contributed by atoms with Gasteiger partial charge in [0.25, 0.3) is 5.56 Å². The molecule has 0 aliphatic heterocycles. The number of nitrogens with zero attached hydrogens (tertiary/aromatic N) is 3. The maximum Gasteiger partial charge on any atom is 0.322 e. The van der Waals surface area contributed by atoms with Gasteiger partial charge in [-0.25, -0.2) is 9.78 Å². The smallest absolute Gasteiger partial charge is 0.322 e. The van der Waals surface area contributed by atoms with Gasteiger partial charge in [0.15, 0.2) is 0 Å². The van der Waals surface area contributed by atoms with Crippen LogP contribution in [0.2, 0.25) is 0 Å². The van der Waals surface area contributed by atoms with E-state index in [2.05, 4.69) is 21.2 Å². The molecule has 152 valence electrons. The minimum absolute atomic E-state index is 0.142. The van der Waals surface area contributed by atoms with Gasteiger partial charge in [-0.2, -0.15) is 0 Å². The average Bonchev–Trinajstić information content (AvgIpc) is 2.73. The highest BCUT2D eigenvalue weighted by Gasteiger charge is 2.23. The topological polar surface area (TPSA) is 76.5 Å². The number of anilines is 1. The van der Waals surface area contributed by atoms with Crippen molar-refractivity contribution in [2.24, 2.45) is 0 Å². The number of carbonyl (C=O) groups excluding carboxylic acids is 1. The molecule has 1 aromatic heterocycles. The van der Waals surface area contributed by atoms with Crippen LogP contribution in [0.25, 0.3) is 10.9 Å². The van der Waals surface area contributed by atoms with Crippen molar-refractivity contribution in [2.45, 2.75) is 19.5 Å². The first-order valence-corrected chi connectivity index (χ1v) is 9.99. The van der Waals surface area contributed by atoms with Gasteiger partial charge >= 0.3 is 6.03 Å². The highest BCUT2D eigenvalue weighted by Crippen LogP contribution is 2.20. The number of halogens is 1. The number of rotatable bonds is 6. The first-order valence-electron chi connectivity index (χ1n) is 9.20. The Morgan fingerprint density at radius 2 is 1.93 bits per heavy atom. The molecule has 0 bridgehead atoms. The summed E-state index contributed by atoms with van der Waals surface area (Å²) in [7, 11) is 3.27. The lowest BCUT2D eigenvalue weighted by Gasteiger charge is -2.27. The predicted molar refractivity (Wildman–Crippen MR) is 117 cm³/mol. The van der Waals surface area contributed by atoms with Crippen LogP contribution >= 0.6 is 15.9 Å². The van der Waals surface area contributed by atoms with E-state index in [1.807, 2.05) is 43.3 Å². The average molecular weight is 459 g/mol. The number of aromatic nitrogens is 2. The SMILES string of the molecule is COCCn1c(C(C)N(C)C(=O)Nc2ccc(Br)cc2)nc2ccccc2c1=O. The minimum Gasteiger partial charge on any atom is -0.383 e. The number of para-hydroxylation sites is 1. The third kappa shape index (κ3) is 4.65. The van der Waals surface area contributed by atoms with E-state index >= 15 is 0 Å². The zero-order chi connectivity index (χ0) is 21.0. The molecule has 29 heavy (non-hydrogen) atoms. The molecule has 0 saturated carbocycles. The molecular weight excluding hydrogens is 436 g/mol. The number of nitrogens with one attached hydrogen (secondary N) is 1. The summed E-state index contributed by atoms with van der Waals surface area (Å²) in [4.78, 5) is 32.0. The second kappa shape index (κ2) is 9.19. The number of hydrogen-bond acceptors (Lipinski definition) is 4. The number of ether oxygens (including phenoxy) is 1. The standard InChI is InChI=1S/C21H23BrN4O3/c1-14(25(2)21(28)23-16-10-8-15(22)9-11-16)19-24-18-7-5-4-6-17(18)20(27)26(19)12-13-29-3/h4-11,14H,12-13H2,1-3H3,(H,23,28). The molecule has 3 rings (SSSR count). The molecule has 0 aliphatic carbocycles. The highest BCUT2D eigenvalue weighted by atomic mass is 79.9. The van der Waals surface area contributed by atoms with Gasteiger partial charge in [-0.3, -0.25) is 9.36 Å². The van der Waals surface area contributed by atoms with Crippen LogP contribution in [-0.2, 0) is 11.3 Å². The number of urea groups is 1. The van der Waals surface area contributed by atoms with E-state index in [9.17, 15) is 9.59 Å². The van der Waals surface area contributed by atoms with Crippen LogP contribution in [0.5, 0.6) is 0 Å². The van der Waals surface area contributed by atoms with Crippen LogP contribution in [0, 0.1) is 0 Å². The molecule has 2 amide bonds. The second-order valence-corrected chi connectivity index (χ2v) is 7.58. The monoisotopic (exact) mass is 458 g/mol. The summed E-state index contributed by atoms with van der Waals surface area (Å²) in [5, 5.41) is 3.40. The molecule has 0 radical (unpaired) electrons. The van der Waals surface area contributed by atoms with Crippen LogP contribution in [0.1, 0.15) is 18.8 Å². The maximum atomic E-state index is 13.0. The maximum absolute atomic E-state index is 13.0. The quantitative estimate of drug-likeness (QED) is 0.604. The number of carbonyl (C=O) groups is 1. The summed E-state index contributed by atoms with van der Waals surface area (Å²) in [5.41, 5.74) is 1.14. The third-order valence-electron chi connectivity index (χ3n) is 4.78. The van der Waals surface area contributed by atoms with Gasteiger partial charge < -0.3 is 15.0 Å². The van der Waals surface area contributed by atoms with Crippen molar-refractivity contribution < 1.29 is 9.53 Å². The summed E-state index contributed by atoms with van der Waals surface area (Å²) >= 11 is 3.38. The van der Waals surface area contributed by atoms with Crippen molar-refractivity contribution in [2.75, 3.05) is 26.1 Å². The highest BCUT2D eigenvalue weighted by molar-refractivity contribution is 9.10. The Bertz CT molecular complexity index is 1070. The van der Waals surface area contributed by atoms with Crippen LogP contribution < -0.4 is 10.9 Å². The van der Waals surface area contributed by atoms with Gasteiger partial charge in [-0.05, 0) is 43.3 Å². The Morgan fingerprint density at radius 1 is 1.24 bits per heavy atom. The summed E-state index contributed by atoms with van der Waals surface area (Å²) in [6.45, 7) is 2.57. The first kappa shape index (κ1) is 21.0. The van der Waals surface area contributed by atoms with Gasteiger partial charge in [0.1, 0.15) is 5.82 Å². The number of fused-ring (bicyclic) bond motifs is 1. The van der Waals surface area contributed by atoms with Gasteiger partial charge in [0, 0.05) is 24.3 Å². The lowest BCUT2D eigenvalue weighted by atomic mass is 10.2. The van der Waals surface area contributed by atoms with E-state index in [-0.39, 0.29) is 11.6 Å². The van der Waals surface area contributed by atoms with Crippen LogP contribution in [0.15, 0.2) is 57.8 Å². The van der Waals surface area contributed by atoms with Crippen molar-refractivity contribution in [1.29, 1.82) is 0 Å². The largest absolute Gasteiger partial charge is 0.383 e. The van der Waals surface area contributed by atoms with Crippen molar-refractivity contribution in [3.05, 3.63) is 69.2 Å². The molecule has 7 nitrogen and oxygen atoms in total. The summed E-state index contributed by atoms with van der Waals surface area (Å²) in [5.74, 6) is 0.513. The lowest BCUT2D eigenvalue weighted by Crippen LogP contribution is -2.38. The van der Waals surface area contributed by atoms with Crippen molar-refractivity contribution in [3.8, 4) is 0 Å². The number of methoxy groups -OCH3 is 1. The molecule has 0 aliphatic rings. The Morgan fingerprint density at radius 3 is 2.62 bits per heavy atom. The van der Waals surface area contributed by atoms with E-state index in [1.54, 1.807) is 30.9 Å². The molecule has 1 atom stereocenters. The Balaban J connectivity index is 1.93. The van der Waals surface area contributed by atoms with Gasteiger partial charge in [0.2, 0.25) is 0 Å². The fourth-order valence-electron chi connectivity index (χ4n) is 3.00. The molecule has 1 unspecified atom stereocenters. The van der Waals surface area contributed by atoms with Gasteiger partial charge in [-0.1, -0.05) is 28.1 Å². The molecular formula is C21H23BrN4O3. The molecule has 0 fully saturated rings. The molecule has 2 aromatic carbocycles. The summed E-state index contributed by atoms with van der Waals surface area (Å²) in [6, 6.07) is 13.8. The van der Waals surface area contributed by atoms with Crippen molar-refractivity contribution in [1.82, 2.24) is 14.5 Å². The Kier molecular flexibility index (Phi) is 6.66. The lowest BCUT2D eigenvalue weighted by molar-refractivity contribution is 0.180. The normalized spacial score (nSPS) is 12.0. The minimum atomic E-state index is -0.431. The molecule has 3 aromatic rings. The molecule has 0 spiro atoms. The van der Waals surface area contributed by atoms with Crippen molar-refractivity contribution in [3.63, 3.8) is 0 Å². The summed E-state index contributed by atoms with van der Waals surface area (Å²) in [6.07, 6.45) is 0. The van der Waals surface area contributed by atoms with Gasteiger partial charge in [0.05, 0.1) is 30.1 Å². The van der Waals surface area contributed by atoms with Crippen molar-refractivity contribution >= 4 is 38.6 Å². The van der Waals surface area contributed by atoms with E-state index < -0.39 is 6.04 Å². The van der Waals surface area contributed by atoms with E-state index in [1.165, 1.54) is 4.90 Å². The van der Waals surface area contributed by atoms with Crippen LogP contribution in [0.4, 0.5) is 10.5 Å². The van der Waals surface area contributed by atoms with E-state index in [0.717, 1.165) is 4.47 Å². The van der Waals surface area contributed by atoms with Gasteiger partial charge in [-0.15, -0.1) is 0 Å². The number of amides is 2. The van der Waals surface area contributed by atoms with E-state index in [0.29, 0.717) is 35.6 Å². The number of hydrogen-bond donors (Lipinski definition) is 1. The zero-order valence-corrected chi connectivity index (χ0v) is 18.1. The summed E-state index contributed by atoms with van der Waals surface area (Å²) < 4.78 is 7.67. The predicted octanol–water partition coefficient (Wildman–Crippen LogP) is 4.03. The fourth-order valence-corrected chi connectivity index (χ4v) is 3.26. The third-order valence-corrected chi connectivity index (χ3v) is 5.31. The zero-order valence-electron chi connectivity index (χ0n) is 16.6. The van der Waals surface area contributed by atoms with Crippen LogP contribution in [-0.4, -0.2) is 41.2 Å². The Hall–Kier alpha value is -2.71.